The minimum absolute atomic E-state index is 0.0260. The molecule has 0 spiro atoms. The molecule has 1 unspecified atom stereocenters. The topological polar surface area (TPSA) is 109 Å². The van der Waals surface area contributed by atoms with Gasteiger partial charge in [-0.2, -0.15) is 5.10 Å². The van der Waals surface area contributed by atoms with Crippen molar-refractivity contribution in [2.24, 2.45) is 11.8 Å². The fraction of sp³-hybridized carbons (Fsp3) is 0.579. The van der Waals surface area contributed by atoms with Crippen LogP contribution in [0.2, 0.25) is 0 Å². The SMILES string of the molecule is O=C(O)N[C@H](c1cn2nc(CC3CCNC3=O)ccc2n1)C1CCC(F)(F)CC1. The van der Waals surface area contributed by atoms with Crippen molar-refractivity contribution in [1.29, 1.82) is 0 Å². The minimum atomic E-state index is -2.69. The summed E-state index contributed by atoms with van der Waals surface area (Å²) in [6, 6.07) is 2.90. The smallest absolute Gasteiger partial charge is 0.405 e. The number of nitrogens with zero attached hydrogens (tertiary/aromatic N) is 3. The van der Waals surface area contributed by atoms with Crippen LogP contribution in [0.5, 0.6) is 0 Å². The van der Waals surface area contributed by atoms with Gasteiger partial charge in [-0.1, -0.05) is 0 Å². The number of carbonyl (C=O) groups excluding carboxylic acids is 1. The Morgan fingerprint density at radius 2 is 2.10 bits per heavy atom. The summed E-state index contributed by atoms with van der Waals surface area (Å²) in [5.41, 5.74) is 1.74. The Bertz CT molecular complexity index is 922. The van der Waals surface area contributed by atoms with Gasteiger partial charge in [-0.3, -0.25) is 4.79 Å². The predicted molar refractivity (Wildman–Crippen MR) is 98.6 cm³/mol. The van der Waals surface area contributed by atoms with Crippen molar-refractivity contribution in [3.8, 4) is 0 Å². The van der Waals surface area contributed by atoms with Crippen LogP contribution in [-0.2, 0) is 11.2 Å². The highest BCUT2D eigenvalue weighted by Crippen LogP contribution is 2.41. The van der Waals surface area contributed by atoms with Gasteiger partial charge in [-0.05, 0) is 37.3 Å². The number of hydrogen-bond donors (Lipinski definition) is 3. The Hall–Kier alpha value is -2.78. The average molecular weight is 407 g/mol. The maximum atomic E-state index is 13.5. The molecule has 0 bridgehead atoms. The number of aromatic nitrogens is 3. The van der Waals surface area contributed by atoms with Crippen molar-refractivity contribution in [2.75, 3.05) is 6.54 Å². The zero-order chi connectivity index (χ0) is 20.6. The third kappa shape index (κ3) is 4.30. The summed E-state index contributed by atoms with van der Waals surface area (Å²) in [6.45, 7) is 0.671. The number of amides is 2. The first-order valence-electron chi connectivity index (χ1n) is 9.81. The molecule has 0 aromatic carbocycles. The van der Waals surface area contributed by atoms with Crippen molar-refractivity contribution >= 4 is 17.6 Å². The first kappa shape index (κ1) is 19.5. The molecule has 2 fully saturated rings. The van der Waals surface area contributed by atoms with E-state index in [-0.39, 0.29) is 43.4 Å². The molecule has 1 aliphatic heterocycles. The van der Waals surface area contributed by atoms with Crippen LogP contribution < -0.4 is 10.6 Å². The summed E-state index contributed by atoms with van der Waals surface area (Å²) in [6.07, 6.45) is 1.65. The second-order valence-corrected chi connectivity index (χ2v) is 7.89. The van der Waals surface area contributed by atoms with Crippen LogP contribution in [0.25, 0.3) is 5.65 Å². The quantitative estimate of drug-likeness (QED) is 0.706. The molecule has 29 heavy (non-hydrogen) atoms. The highest BCUT2D eigenvalue weighted by molar-refractivity contribution is 5.80. The molecule has 3 N–H and O–H groups in total. The first-order valence-corrected chi connectivity index (χ1v) is 9.81. The second-order valence-electron chi connectivity index (χ2n) is 7.89. The van der Waals surface area contributed by atoms with Crippen LogP contribution in [0.1, 0.15) is 49.5 Å². The molecule has 2 aromatic rings. The van der Waals surface area contributed by atoms with E-state index in [1.54, 1.807) is 22.8 Å². The predicted octanol–water partition coefficient (Wildman–Crippen LogP) is 2.54. The molecule has 3 heterocycles. The van der Waals surface area contributed by atoms with Crippen LogP contribution in [0.15, 0.2) is 18.3 Å². The third-order valence-electron chi connectivity index (χ3n) is 5.84. The highest BCUT2D eigenvalue weighted by atomic mass is 19.3. The van der Waals surface area contributed by atoms with Gasteiger partial charge in [0, 0.05) is 31.7 Å². The molecule has 0 radical (unpaired) electrons. The van der Waals surface area contributed by atoms with Gasteiger partial charge in [0.05, 0.1) is 23.6 Å². The lowest BCUT2D eigenvalue weighted by Crippen LogP contribution is -2.36. The number of carboxylic acid groups (broad SMARTS) is 1. The average Bonchev–Trinajstić information content (AvgIpc) is 3.26. The molecule has 2 atom stereocenters. The van der Waals surface area contributed by atoms with Gasteiger partial charge < -0.3 is 15.7 Å². The number of imidazole rings is 1. The monoisotopic (exact) mass is 407 g/mol. The van der Waals surface area contributed by atoms with E-state index in [1.165, 1.54) is 0 Å². The number of halogens is 2. The Kier molecular flexibility index (Phi) is 5.10. The van der Waals surface area contributed by atoms with E-state index < -0.39 is 18.1 Å². The molecule has 4 rings (SSSR count). The van der Waals surface area contributed by atoms with E-state index in [9.17, 15) is 23.5 Å². The second kappa shape index (κ2) is 7.57. The lowest BCUT2D eigenvalue weighted by atomic mass is 9.81. The molecule has 2 aliphatic rings. The maximum absolute atomic E-state index is 13.5. The molecule has 156 valence electrons. The largest absolute Gasteiger partial charge is 0.465 e. The number of carbonyl (C=O) groups is 2. The molecular weight excluding hydrogens is 384 g/mol. The normalized spacial score (nSPS) is 23.1. The lowest BCUT2D eigenvalue weighted by molar-refractivity contribution is -0.122. The van der Waals surface area contributed by atoms with Crippen LogP contribution in [0, 0.1) is 11.8 Å². The van der Waals surface area contributed by atoms with Gasteiger partial charge in [-0.25, -0.2) is 23.1 Å². The highest BCUT2D eigenvalue weighted by Gasteiger charge is 2.39. The third-order valence-corrected chi connectivity index (χ3v) is 5.84. The molecule has 1 saturated carbocycles. The molecule has 10 heteroatoms. The van der Waals surface area contributed by atoms with E-state index in [4.69, 9.17) is 0 Å². The Balaban J connectivity index is 1.56. The van der Waals surface area contributed by atoms with Gasteiger partial charge in [0.1, 0.15) is 0 Å². The van der Waals surface area contributed by atoms with Gasteiger partial charge in [0.25, 0.3) is 0 Å². The zero-order valence-electron chi connectivity index (χ0n) is 15.8. The summed E-state index contributed by atoms with van der Waals surface area (Å²) >= 11 is 0. The van der Waals surface area contributed by atoms with E-state index in [2.05, 4.69) is 20.7 Å². The van der Waals surface area contributed by atoms with Gasteiger partial charge in [0.15, 0.2) is 5.65 Å². The number of fused-ring (bicyclic) bond motifs is 1. The lowest BCUT2D eigenvalue weighted by Gasteiger charge is -2.32. The zero-order valence-corrected chi connectivity index (χ0v) is 15.8. The van der Waals surface area contributed by atoms with Gasteiger partial charge in [0.2, 0.25) is 11.8 Å². The molecule has 2 aromatic heterocycles. The molecule has 2 amide bonds. The number of hydrogen-bond acceptors (Lipinski definition) is 4. The van der Waals surface area contributed by atoms with Crippen molar-refractivity contribution in [3.63, 3.8) is 0 Å². The summed E-state index contributed by atoms with van der Waals surface area (Å²) < 4.78 is 28.6. The Morgan fingerprint density at radius 3 is 2.76 bits per heavy atom. The Morgan fingerprint density at radius 1 is 1.34 bits per heavy atom. The summed E-state index contributed by atoms with van der Waals surface area (Å²) in [5.74, 6) is -3.02. The molecule has 1 aliphatic carbocycles. The fourth-order valence-corrected chi connectivity index (χ4v) is 4.25. The van der Waals surface area contributed by atoms with Crippen molar-refractivity contribution in [3.05, 3.63) is 29.7 Å². The Labute approximate surface area is 165 Å². The molecule has 8 nitrogen and oxygen atoms in total. The van der Waals surface area contributed by atoms with Gasteiger partial charge >= 0.3 is 6.09 Å². The van der Waals surface area contributed by atoms with E-state index >= 15 is 0 Å². The summed E-state index contributed by atoms with van der Waals surface area (Å²) in [5, 5.41) is 19.0. The van der Waals surface area contributed by atoms with Gasteiger partial charge in [-0.15, -0.1) is 0 Å². The maximum Gasteiger partial charge on any atom is 0.405 e. The standard InChI is InChI=1S/C19H23F2N5O3/c20-19(21)6-3-11(4-7-19)16(24-18(28)29)14-10-26-15(23-14)2-1-13(25-26)9-12-5-8-22-17(12)27/h1-2,10-12,16,24H,3-9H2,(H,22,27)(H,28,29)/t12?,16-/m0/s1. The van der Waals surface area contributed by atoms with Crippen LogP contribution in [0.4, 0.5) is 13.6 Å². The summed E-state index contributed by atoms with van der Waals surface area (Å²) in [4.78, 5) is 27.6. The minimum Gasteiger partial charge on any atom is -0.465 e. The molecule has 1 saturated heterocycles. The number of alkyl halides is 2. The van der Waals surface area contributed by atoms with Crippen molar-refractivity contribution in [1.82, 2.24) is 25.2 Å². The fourth-order valence-electron chi connectivity index (χ4n) is 4.25. The van der Waals surface area contributed by atoms with E-state index in [0.717, 1.165) is 12.1 Å². The van der Waals surface area contributed by atoms with Crippen LogP contribution in [-0.4, -0.2) is 44.2 Å². The van der Waals surface area contributed by atoms with Crippen molar-refractivity contribution in [2.45, 2.75) is 50.5 Å². The first-order chi connectivity index (χ1) is 13.8. The number of nitrogens with one attached hydrogen (secondary N) is 2. The van der Waals surface area contributed by atoms with Crippen molar-refractivity contribution < 1.29 is 23.5 Å². The summed E-state index contributed by atoms with van der Waals surface area (Å²) in [7, 11) is 0. The van der Waals surface area contributed by atoms with Crippen LogP contribution in [0.3, 0.4) is 0 Å². The molecular formula is C19H23F2N5O3. The van der Waals surface area contributed by atoms with Crippen LogP contribution >= 0.6 is 0 Å². The van der Waals surface area contributed by atoms with E-state index in [1.807, 2.05) is 0 Å². The van der Waals surface area contributed by atoms with E-state index in [0.29, 0.717) is 24.3 Å². The number of rotatable bonds is 5.